The SMILES string of the molecule is Cl.Oc1ccc2c(c1)[C@@]13CCCC[C@H]1[C@@H](C2)N(CCC1=CCCCC1)CC3. The molecule has 4 aliphatic rings. The van der Waals surface area contributed by atoms with Crippen molar-refractivity contribution in [3.63, 3.8) is 0 Å². The molecule has 5 rings (SSSR count). The van der Waals surface area contributed by atoms with Crippen molar-refractivity contribution in [2.45, 2.75) is 82.1 Å². The van der Waals surface area contributed by atoms with Crippen LogP contribution in [-0.2, 0) is 11.8 Å². The highest BCUT2D eigenvalue weighted by Crippen LogP contribution is 2.56. The molecule has 0 unspecified atom stereocenters. The third-order valence-electron chi connectivity index (χ3n) is 8.04. The van der Waals surface area contributed by atoms with Crippen LogP contribution in [0.3, 0.4) is 0 Å². The fourth-order valence-corrected chi connectivity index (χ4v) is 6.77. The van der Waals surface area contributed by atoms with E-state index in [1.165, 1.54) is 94.8 Å². The third kappa shape index (κ3) is 3.34. The molecule has 1 saturated heterocycles. The highest BCUT2D eigenvalue weighted by molar-refractivity contribution is 5.85. The average Bonchev–Trinajstić information content (AvgIpc) is 2.69. The molecule has 1 saturated carbocycles. The second kappa shape index (κ2) is 7.79. The number of phenolic OH excluding ortho intramolecular Hbond substituents is 1. The lowest BCUT2D eigenvalue weighted by Gasteiger charge is -2.59. The molecule has 3 atom stereocenters. The Hall–Kier alpha value is -0.990. The number of phenols is 1. The zero-order valence-electron chi connectivity index (χ0n) is 16.5. The van der Waals surface area contributed by atoms with Crippen LogP contribution in [0.15, 0.2) is 29.8 Å². The molecule has 0 aromatic heterocycles. The van der Waals surface area contributed by atoms with E-state index in [9.17, 15) is 5.11 Å². The van der Waals surface area contributed by atoms with Gasteiger partial charge >= 0.3 is 0 Å². The number of aromatic hydroxyl groups is 1. The lowest BCUT2D eigenvalue weighted by atomic mass is 9.52. The van der Waals surface area contributed by atoms with Crippen LogP contribution in [0.25, 0.3) is 0 Å². The summed E-state index contributed by atoms with van der Waals surface area (Å²) in [4.78, 5) is 2.85. The maximum Gasteiger partial charge on any atom is 0.115 e. The van der Waals surface area contributed by atoms with E-state index >= 15 is 0 Å². The Morgan fingerprint density at radius 1 is 1.11 bits per heavy atom. The lowest BCUT2D eigenvalue weighted by molar-refractivity contribution is -0.0108. The van der Waals surface area contributed by atoms with Crippen LogP contribution < -0.4 is 0 Å². The molecule has 0 spiro atoms. The Morgan fingerprint density at radius 2 is 2.04 bits per heavy atom. The number of benzene rings is 1. The molecule has 2 bridgehead atoms. The number of hydrogen-bond acceptors (Lipinski definition) is 2. The molecule has 2 fully saturated rings. The molecular formula is C24H34ClNO. The van der Waals surface area contributed by atoms with Gasteiger partial charge in [-0.05, 0) is 93.5 Å². The maximum atomic E-state index is 10.1. The monoisotopic (exact) mass is 387 g/mol. The van der Waals surface area contributed by atoms with E-state index in [4.69, 9.17) is 0 Å². The molecular weight excluding hydrogens is 354 g/mol. The van der Waals surface area contributed by atoms with Crippen molar-refractivity contribution in [3.05, 3.63) is 41.0 Å². The molecule has 1 aromatic carbocycles. The van der Waals surface area contributed by atoms with Crippen LogP contribution in [0.1, 0.15) is 75.3 Å². The quantitative estimate of drug-likeness (QED) is 0.666. The number of halogens is 1. The van der Waals surface area contributed by atoms with Gasteiger partial charge in [-0.1, -0.05) is 30.6 Å². The first kappa shape index (κ1) is 19.3. The molecule has 1 aromatic rings. The highest BCUT2D eigenvalue weighted by atomic mass is 35.5. The fraction of sp³-hybridized carbons (Fsp3) is 0.667. The van der Waals surface area contributed by atoms with Crippen LogP contribution in [-0.4, -0.2) is 29.1 Å². The van der Waals surface area contributed by atoms with Crippen molar-refractivity contribution >= 4 is 12.4 Å². The normalized spacial score (nSPS) is 32.7. The minimum Gasteiger partial charge on any atom is -0.508 e. The summed E-state index contributed by atoms with van der Waals surface area (Å²) in [6, 6.07) is 6.97. The number of likely N-dealkylation sites (tertiary alicyclic amines) is 1. The molecule has 148 valence electrons. The number of allylic oxidation sites excluding steroid dienone is 1. The van der Waals surface area contributed by atoms with Gasteiger partial charge in [-0.15, -0.1) is 12.4 Å². The van der Waals surface area contributed by atoms with Crippen molar-refractivity contribution < 1.29 is 5.11 Å². The van der Waals surface area contributed by atoms with Crippen molar-refractivity contribution in [1.82, 2.24) is 4.90 Å². The van der Waals surface area contributed by atoms with Gasteiger partial charge in [0.1, 0.15) is 5.75 Å². The van der Waals surface area contributed by atoms with Gasteiger partial charge in [0.05, 0.1) is 0 Å². The van der Waals surface area contributed by atoms with Crippen LogP contribution >= 0.6 is 12.4 Å². The van der Waals surface area contributed by atoms with Gasteiger partial charge < -0.3 is 5.11 Å². The minimum absolute atomic E-state index is 0. The molecule has 27 heavy (non-hydrogen) atoms. The number of fused-ring (bicyclic) bond motifs is 1. The first-order chi connectivity index (χ1) is 12.8. The van der Waals surface area contributed by atoms with Gasteiger partial charge in [0, 0.05) is 18.0 Å². The molecule has 1 aliphatic heterocycles. The lowest BCUT2D eigenvalue weighted by Crippen LogP contribution is -2.61. The second-order valence-electron chi connectivity index (χ2n) is 9.27. The van der Waals surface area contributed by atoms with E-state index in [0.717, 1.165) is 12.0 Å². The Balaban J connectivity index is 0.00000180. The van der Waals surface area contributed by atoms with Crippen LogP contribution in [0.2, 0.25) is 0 Å². The highest BCUT2D eigenvalue weighted by Gasteiger charge is 2.53. The smallest absolute Gasteiger partial charge is 0.115 e. The first-order valence-corrected chi connectivity index (χ1v) is 11.0. The van der Waals surface area contributed by atoms with Crippen molar-refractivity contribution in [2.24, 2.45) is 5.92 Å². The van der Waals surface area contributed by atoms with Gasteiger partial charge in [0.25, 0.3) is 0 Å². The molecule has 3 aliphatic carbocycles. The summed E-state index contributed by atoms with van der Waals surface area (Å²) in [6.07, 6.45) is 17.2. The third-order valence-corrected chi connectivity index (χ3v) is 8.04. The molecule has 1 N–H and O–H groups in total. The van der Waals surface area contributed by atoms with Gasteiger partial charge in [0.15, 0.2) is 0 Å². The van der Waals surface area contributed by atoms with Gasteiger partial charge in [-0.25, -0.2) is 0 Å². The van der Waals surface area contributed by atoms with Gasteiger partial charge in [-0.3, -0.25) is 4.90 Å². The summed E-state index contributed by atoms with van der Waals surface area (Å²) in [7, 11) is 0. The van der Waals surface area contributed by atoms with E-state index in [1.54, 1.807) is 5.57 Å². The number of hydrogen-bond donors (Lipinski definition) is 1. The Bertz CT molecular complexity index is 714. The standard InChI is InChI=1S/C24H33NO.ClH/c26-20-10-9-19-16-23-21-8-4-5-12-24(21,22(19)17-20)13-15-25(23)14-11-18-6-2-1-3-7-18;/h6,9-10,17,21,23,26H,1-5,7-8,11-16H2;1H/t21-,23+,24+;/m0./s1. The predicted molar refractivity (Wildman–Crippen MR) is 114 cm³/mol. The zero-order valence-corrected chi connectivity index (χ0v) is 17.3. The number of rotatable bonds is 3. The predicted octanol–water partition coefficient (Wildman–Crippen LogP) is 5.76. The topological polar surface area (TPSA) is 23.5 Å². The van der Waals surface area contributed by atoms with Gasteiger partial charge in [-0.2, -0.15) is 0 Å². The minimum atomic E-state index is 0. The molecule has 2 nitrogen and oxygen atoms in total. The summed E-state index contributed by atoms with van der Waals surface area (Å²) in [5.41, 5.74) is 5.11. The van der Waals surface area contributed by atoms with Crippen molar-refractivity contribution in [3.8, 4) is 5.75 Å². The van der Waals surface area contributed by atoms with Crippen molar-refractivity contribution in [1.29, 1.82) is 0 Å². The van der Waals surface area contributed by atoms with E-state index in [2.05, 4.69) is 23.1 Å². The first-order valence-electron chi connectivity index (χ1n) is 11.0. The van der Waals surface area contributed by atoms with Crippen LogP contribution in [0.4, 0.5) is 0 Å². The summed E-state index contributed by atoms with van der Waals surface area (Å²) in [5, 5.41) is 10.1. The summed E-state index contributed by atoms with van der Waals surface area (Å²) in [5.74, 6) is 1.27. The number of piperidine rings is 1. The Morgan fingerprint density at radius 3 is 2.89 bits per heavy atom. The van der Waals surface area contributed by atoms with Gasteiger partial charge in [0.2, 0.25) is 0 Å². The average molecular weight is 388 g/mol. The van der Waals surface area contributed by atoms with E-state index < -0.39 is 0 Å². The number of nitrogens with zero attached hydrogens (tertiary/aromatic N) is 1. The van der Waals surface area contributed by atoms with Crippen molar-refractivity contribution in [2.75, 3.05) is 13.1 Å². The largest absolute Gasteiger partial charge is 0.508 e. The van der Waals surface area contributed by atoms with Crippen LogP contribution in [0, 0.1) is 5.92 Å². The van der Waals surface area contributed by atoms with E-state index in [0.29, 0.717) is 11.2 Å². The fourth-order valence-electron chi connectivity index (χ4n) is 6.77. The molecule has 0 radical (unpaired) electrons. The summed E-state index contributed by atoms with van der Waals surface area (Å²) >= 11 is 0. The van der Waals surface area contributed by atoms with Crippen LogP contribution in [0.5, 0.6) is 5.75 Å². The van der Waals surface area contributed by atoms with E-state index in [-0.39, 0.29) is 12.4 Å². The Kier molecular flexibility index (Phi) is 5.58. The Labute approximate surface area is 170 Å². The maximum absolute atomic E-state index is 10.1. The summed E-state index contributed by atoms with van der Waals surface area (Å²) < 4.78 is 0. The molecule has 0 amide bonds. The van der Waals surface area contributed by atoms with E-state index in [1.807, 2.05) is 6.07 Å². The molecule has 1 heterocycles. The molecule has 3 heteroatoms. The zero-order chi connectivity index (χ0) is 17.6. The summed E-state index contributed by atoms with van der Waals surface area (Å²) in [6.45, 7) is 2.51. The second-order valence-corrected chi connectivity index (χ2v) is 9.27.